The third-order valence-corrected chi connectivity index (χ3v) is 14.6. The van der Waals surface area contributed by atoms with Crippen LogP contribution in [-0.4, -0.2) is 180 Å². The Morgan fingerprint density at radius 3 is 1.78 bits per heavy atom. The van der Waals surface area contributed by atoms with E-state index in [1.54, 1.807) is 43.4 Å². The first-order valence-corrected chi connectivity index (χ1v) is 26.4. The van der Waals surface area contributed by atoms with Crippen LogP contribution in [0.3, 0.4) is 0 Å². The number of likely N-dealkylation sites (N-methyl/N-ethyl adjacent to an activating group) is 2. The number of nitrogens with zero attached hydrogens (tertiary/aromatic N) is 12. The summed E-state index contributed by atoms with van der Waals surface area (Å²) in [6, 6.07) is 11.3. The highest BCUT2D eigenvalue weighted by atomic mass is 32.2. The van der Waals surface area contributed by atoms with Crippen LogP contribution >= 0.6 is 0 Å². The monoisotopic (exact) mass is 1060 g/mol. The second kappa shape index (κ2) is 22.3. The normalized spacial score (nSPS) is 15.6. The van der Waals surface area contributed by atoms with Crippen LogP contribution in [-0.2, 0) is 33.7 Å². The van der Waals surface area contributed by atoms with Crippen molar-refractivity contribution in [1.82, 2.24) is 53.4 Å². The number of aromatic nitrogens is 8. The number of aryl methyl sites for hydroxylation is 2. The van der Waals surface area contributed by atoms with E-state index in [2.05, 4.69) is 88.2 Å². The molecule has 0 saturated carbocycles. The lowest BCUT2D eigenvalue weighted by Gasteiger charge is -2.36. The summed E-state index contributed by atoms with van der Waals surface area (Å²) in [7, 11) is 7.94. The maximum absolute atomic E-state index is 12.3. The van der Waals surface area contributed by atoms with E-state index in [1.807, 2.05) is 55.3 Å². The zero-order chi connectivity index (χ0) is 53.8. The molecule has 0 spiro atoms. The molecule has 0 radical (unpaired) electrons. The summed E-state index contributed by atoms with van der Waals surface area (Å²) >= 11 is 0. The number of piperazine rings is 2. The van der Waals surface area contributed by atoms with Crippen LogP contribution in [0.4, 0.5) is 46.0 Å². The molecule has 3 aliphatic rings. The minimum absolute atomic E-state index is 0.242. The molecule has 0 atom stereocenters. The minimum Gasteiger partial charge on any atom is -0.494 e. The minimum atomic E-state index is -3.26. The van der Waals surface area contributed by atoms with Crippen molar-refractivity contribution in [3.63, 3.8) is 0 Å². The summed E-state index contributed by atoms with van der Waals surface area (Å²) in [5.74, 6) is 1.52. The second-order valence-corrected chi connectivity index (χ2v) is 20.7. The van der Waals surface area contributed by atoms with Crippen LogP contribution in [0.5, 0.6) is 17.4 Å². The first-order chi connectivity index (χ1) is 36.5. The molecule has 2 amide bonds. The van der Waals surface area contributed by atoms with Crippen molar-refractivity contribution < 1.29 is 32.2 Å². The molecule has 3 fully saturated rings. The molecule has 5 N–H and O–H groups in total. The van der Waals surface area contributed by atoms with Crippen molar-refractivity contribution in [2.75, 3.05) is 131 Å². The van der Waals surface area contributed by atoms with Crippen LogP contribution in [0.15, 0.2) is 86.5 Å². The van der Waals surface area contributed by atoms with E-state index in [1.165, 1.54) is 22.7 Å². The van der Waals surface area contributed by atoms with E-state index in [-0.39, 0.29) is 37.0 Å². The number of aromatic amines is 1. The number of benzene rings is 2. The van der Waals surface area contributed by atoms with Gasteiger partial charge in [0.25, 0.3) is 0 Å². The Morgan fingerprint density at radius 1 is 0.724 bits per heavy atom. The van der Waals surface area contributed by atoms with Gasteiger partial charge in [0.05, 0.1) is 85.0 Å². The molecular weight excluding hydrogens is 995 g/mol. The van der Waals surface area contributed by atoms with Gasteiger partial charge in [0, 0.05) is 108 Å². The molecule has 10 rings (SSSR count). The smallest absolute Gasteiger partial charge is 0.247 e. The summed E-state index contributed by atoms with van der Waals surface area (Å²) < 4.78 is 46.0. The van der Waals surface area contributed by atoms with E-state index in [0.29, 0.717) is 57.1 Å². The number of hydrogen-bond donors (Lipinski definition) is 5. The summed E-state index contributed by atoms with van der Waals surface area (Å²) in [6.07, 6.45) is 10.7. The fourth-order valence-corrected chi connectivity index (χ4v) is 9.89. The maximum Gasteiger partial charge on any atom is 0.247 e. The average Bonchev–Trinajstić information content (AvgIpc) is 4.15. The summed E-state index contributed by atoms with van der Waals surface area (Å²) in [5, 5.41) is 18.3. The Kier molecular flexibility index (Phi) is 15.4. The van der Waals surface area contributed by atoms with Gasteiger partial charge in [-0.2, -0.15) is 24.4 Å². The molecule has 3 saturated heterocycles. The number of sulfonamides is 1. The molecule has 400 valence electrons. The fourth-order valence-electron chi connectivity index (χ4n) is 9.02. The highest BCUT2D eigenvalue weighted by molar-refractivity contribution is 7.88. The molecule has 76 heavy (non-hydrogen) atoms. The zero-order valence-corrected chi connectivity index (χ0v) is 44.4. The first-order valence-electron chi connectivity index (χ1n) is 24.5. The Bertz CT molecular complexity index is 3410. The van der Waals surface area contributed by atoms with Crippen molar-refractivity contribution in [3.05, 3.63) is 86.5 Å². The summed E-state index contributed by atoms with van der Waals surface area (Å²) in [4.78, 5) is 55.4. The van der Waals surface area contributed by atoms with E-state index in [9.17, 15) is 18.0 Å². The highest BCUT2D eigenvalue weighted by Gasteiger charge is 2.36. The van der Waals surface area contributed by atoms with Gasteiger partial charge in [-0.25, -0.2) is 13.4 Å². The molecule has 8 heterocycles. The van der Waals surface area contributed by atoms with Gasteiger partial charge in [-0.1, -0.05) is 13.2 Å². The number of nitrogens with one attached hydrogen (secondary N) is 5. The standard InChI is InChI=1S/C26H31N9O2.C25H32N8O5S/c1-6-23(36)28-19-13-20(22(37-5)14-21(19)35-11-9-32(2)10-12-35)29-26-30-24(17-15-27-34(4)16-17)18-7-8-33(3)25(18)31-26;1-5-22(34)27-18-12-19(21(37-3)13-20(18)32-10-8-31(2)9-11-32)28-25-29-23-17(6-7-26-23)24(30-25)38-16-14-33(15-16)39(4,35)36/h6-8,13-16H,1,9-12H2,2-5H3,(H,28,36)(H,29,30,31);5-7,12-13,16H,1,8-11,14-15H2,2-4H3,(H,27,34)(H2,26,28,29,30). The van der Waals surface area contributed by atoms with Crippen molar-refractivity contribution in [2.24, 2.45) is 14.1 Å². The van der Waals surface area contributed by atoms with E-state index >= 15 is 0 Å². The molecule has 0 bridgehead atoms. The van der Waals surface area contributed by atoms with Crippen LogP contribution in [0, 0.1) is 0 Å². The average molecular weight is 1060 g/mol. The van der Waals surface area contributed by atoms with Gasteiger partial charge in [-0.05, 0) is 50.5 Å². The van der Waals surface area contributed by atoms with Crippen LogP contribution < -0.4 is 45.3 Å². The lowest BCUT2D eigenvalue weighted by molar-refractivity contribution is -0.112. The number of rotatable bonds is 16. The predicted molar refractivity (Wildman–Crippen MR) is 295 cm³/mol. The Morgan fingerprint density at radius 2 is 1.28 bits per heavy atom. The van der Waals surface area contributed by atoms with Crippen molar-refractivity contribution in [3.8, 4) is 28.6 Å². The lowest BCUT2D eigenvalue weighted by Crippen LogP contribution is -2.55. The Labute approximate surface area is 440 Å². The maximum atomic E-state index is 12.3. The molecule has 7 aromatic rings. The second-order valence-electron chi connectivity index (χ2n) is 18.7. The number of ether oxygens (including phenoxy) is 3. The molecule has 0 unspecified atom stereocenters. The number of H-pyrrole nitrogens is 1. The highest BCUT2D eigenvalue weighted by Crippen LogP contribution is 2.41. The van der Waals surface area contributed by atoms with Crippen molar-refractivity contribution in [2.45, 2.75) is 6.10 Å². The topological polar surface area (TPSA) is 250 Å². The third-order valence-electron chi connectivity index (χ3n) is 13.3. The number of carbonyl (C=O) groups excluding carboxylic acids is 2. The van der Waals surface area contributed by atoms with Crippen molar-refractivity contribution in [1.29, 1.82) is 0 Å². The van der Waals surface area contributed by atoms with Crippen LogP contribution in [0.1, 0.15) is 0 Å². The number of hydrogen-bond acceptors (Lipinski definition) is 18. The van der Waals surface area contributed by atoms with Gasteiger partial charge in [-0.3, -0.25) is 14.3 Å². The van der Waals surface area contributed by atoms with Gasteiger partial charge >= 0.3 is 0 Å². The fraction of sp³-hybridized carbons (Fsp3) is 0.353. The number of amides is 2. The molecule has 3 aliphatic heterocycles. The molecule has 0 aliphatic carbocycles. The van der Waals surface area contributed by atoms with E-state index in [0.717, 1.165) is 86.0 Å². The van der Waals surface area contributed by atoms with Gasteiger partial charge in [-0.15, -0.1) is 0 Å². The van der Waals surface area contributed by atoms with Gasteiger partial charge < -0.3 is 64.6 Å². The van der Waals surface area contributed by atoms with Gasteiger partial charge in [0.2, 0.25) is 39.6 Å². The van der Waals surface area contributed by atoms with Crippen LogP contribution in [0.2, 0.25) is 0 Å². The van der Waals surface area contributed by atoms with Gasteiger partial charge in [0.1, 0.15) is 28.9 Å². The Hall–Kier alpha value is -8.26. The van der Waals surface area contributed by atoms with E-state index < -0.39 is 10.0 Å². The Balaban J connectivity index is 0.000000186. The number of methoxy groups -OCH3 is 2. The SMILES string of the molecule is C=CC(=O)Nc1cc(Nc2nc(-c3cnn(C)c3)c3ccn(C)c3n2)c(OC)cc1N1CCN(C)CC1.C=CC(=O)Nc1cc(Nc2nc(OC3CN(S(C)(=O)=O)C3)c3cc[nH]c3n2)c(OC)cc1N1CCN(C)CC1. The number of fused-ring (bicyclic) bond motifs is 2. The molecule has 2 aromatic carbocycles. The lowest BCUT2D eigenvalue weighted by atomic mass is 10.1. The predicted octanol–water partition coefficient (Wildman–Crippen LogP) is 4.61. The van der Waals surface area contributed by atoms with Crippen LogP contribution in [0.25, 0.3) is 33.3 Å². The third kappa shape index (κ3) is 11.7. The van der Waals surface area contributed by atoms with Gasteiger partial charge in [0.15, 0.2) is 0 Å². The quantitative estimate of drug-likeness (QED) is 0.0829. The zero-order valence-electron chi connectivity index (χ0n) is 43.6. The summed E-state index contributed by atoms with van der Waals surface area (Å²) in [6.45, 7) is 14.6. The molecule has 5 aromatic heterocycles. The molecule has 24 nitrogen and oxygen atoms in total. The molecular formula is C51H63N17O7S. The largest absolute Gasteiger partial charge is 0.494 e. The number of carbonyl (C=O) groups is 2. The first kappa shape index (κ1) is 52.6. The van der Waals surface area contributed by atoms with Crippen molar-refractivity contribution >= 4 is 89.9 Å². The summed E-state index contributed by atoms with van der Waals surface area (Å²) in [5.41, 5.74) is 7.15. The van der Waals surface area contributed by atoms with E-state index in [4.69, 9.17) is 24.2 Å². The molecule has 25 heteroatoms. The number of anilines is 8.